The number of aromatic nitrogens is 2. The molecule has 2 aromatic heterocycles. The van der Waals surface area contributed by atoms with E-state index in [1.165, 1.54) is 6.07 Å². The molecule has 3 rings (SSSR count). The lowest BCUT2D eigenvalue weighted by Gasteiger charge is -2.11. The average Bonchev–Trinajstić information content (AvgIpc) is 3.05. The number of H-pyrrole nitrogens is 1. The maximum Gasteiger partial charge on any atom is 0.191 e. The van der Waals surface area contributed by atoms with Crippen molar-refractivity contribution in [2.75, 3.05) is 19.6 Å². The van der Waals surface area contributed by atoms with Crippen molar-refractivity contribution in [1.29, 1.82) is 0 Å². The van der Waals surface area contributed by atoms with Crippen LogP contribution in [-0.2, 0) is 12.8 Å². The van der Waals surface area contributed by atoms with Crippen molar-refractivity contribution in [3.8, 4) is 0 Å². The van der Waals surface area contributed by atoms with Crippen LogP contribution in [0, 0.1) is 5.82 Å². The Hall–Kier alpha value is -1.87. The number of aliphatic imine (C=N–C) groups is 1. The topological polar surface area (TPSA) is 65.1 Å². The second-order valence-electron chi connectivity index (χ2n) is 6.18. The molecular weight excluding hydrogens is 492 g/mol. The molecule has 0 spiro atoms. The normalized spacial score (nSPS) is 11.3. The molecule has 0 amide bonds. The third-order valence-electron chi connectivity index (χ3n) is 4.22. The number of halogens is 3. The SMILES string of the molecule is CCNC(=NCCc1c[nH]c2ccc(F)cc12)NCCc1ccc(Cl)nc1.I. The summed E-state index contributed by atoms with van der Waals surface area (Å²) in [6.07, 6.45) is 5.27. The standard InChI is InChI=1S/C20H23ClFN5.HI/c1-2-23-20(24-9-7-14-3-6-19(21)27-12-14)25-10-8-15-13-26-18-5-4-16(22)11-17(15)18;/h3-6,11-13,26H,2,7-10H2,1H3,(H2,23,24,25);1H. The second-order valence-corrected chi connectivity index (χ2v) is 6.57. The first-order valence-electron chi connectivity index (χ1n) is 9.04. The molecule has 0 bridgehead atoms. The number of guanidine groups is 1. The molecule has 0 radical (unpaired) electrons. The summed E-state index contributed by atoms with van der Waals surface area (Å²) in [5.41, 5.74) is 3.12. The minimum Gasteiger partial charge on any atom is -0.361 e. The van der Waals surface area contributed by atoms with Crippen LogP contribution in [0.15, 0.2) is 47.7 Å². The Morgan fingerprint density at radius 3 is 2.82 bits per heavy atom. The van der Waals surface area contributed by atoms with E-state index >= 15 is 0 Å². The van der Waals surface area contributed by atoms with E-state index in [1.54, 1.807) is 24.4 Å². The molecule has 0 saturated heterocycles. The summed E-state index contributed by atoms with van der Waals surface area (Å²) in [6, 6.07) is 8.55. The van der Waals surface area contributed by atoms with Crippen LogP contribution in [0.2, 0.25) is 5.15 Å². The van der Waals surface area contributed by atoms with Gasteiger partial charge in [0.15, 0.2) is 5.96 Å². The number of nitrogens with one attached hydrogen (secondary N) is 3. The van der Waals surface area contributed by atoms with Gasteiger partial charge in [0, 0.05) is 42.9 Å². The van der Waals surface area contributed by atoms with Gasteiger partial charge >= 0.3 is 0 Å². The summed E-state index contributed by atoms with van der Waals surface area (Å²) >= 11 is 5.80. The number of hydrogen-bond donors (Lipinski definition) is 3. The Kier molecular flexibility index (Phi) is 8.98. The van der Waals surface area contributed by atoms with Gasteiger partial charge in [-0.3, -0.25) is 4.99 Å². The number of rotatable bonds is 7. The highest BCUT2D eigenvalue weighted by molar-refractivity contribution is 14.0. The fraction of sp³-hybridized carbons (Fsp3) is 0.300. The predicted octanol–water partition coefficient (Wildman–Crippen LogP) is 4.31. The molecule has 0 unspecified atom stereocenters. The fourth-order valence-corrected chi connectivity index (χ4v) is 2.98. The van der Waals surface area contributed by atoms with Gasteiger partial charge in [0.05, 0.1) is 0 Å². The van der Waals surface area contributed by atoms with E-state index < -0.39 is 0 Å². The van der Waals surface area contributed by atoms with Crippen molar-refractivity contribution in [3.05, 3.63) is 64.8 Å². The molecule has 150 valence electrons. The van der Waals surface area contributed by atoms with Crippen molar-refractivity contribution >= 4 is 52.4 Å². The molecule has 8 heteroatoms. The largest absolute Gasteiger partial charge is 0.361 e. The maximum atomic E-state index is 13.5. The van der Waals surface area contributed by atoms with E-state index in [2.05, 4.69) is 25.6 Å². The lowest BCUT2D eigenvalue weighted by atomic mass is 10.1. The third kappa shape index (κ3) is 6.34. The molecule has 3 N–H and O–H groups in total. The second kappa shape index (κ2) is 11.2. The van der Waals surface area contributed by atoms with Gasteiger partial charge < -0.3 is 15.6 Å². The lowest BCUT2D eigenvalue weighted by Crippen LogP contribution is -2.38. The Balaban J connectivity index is 0.00000280. The highest BCUT2D eigenvalue weighted by atomic mass is 127. The van der Waals surface area contributed by atoms with E-state index in [0.717, 1.165) is 53.9 Å². The van der Waals surface area contributed by atoms with Crippen molar-refractivity contribution in [2.24, 2.45) is 4.99 Å². The van der Waals surface area contributed by atoms with Crippen LogP contribution in [-0.4, -0.2) is 35.6 Å². The summed E-state index contributed by atoms with van der Waals surface area (Å²) in [5.74, 6) is 0.545. The summed E-state index contributed by atoms with van der Waals surface area (Å²) in [7, 11) is 0. The zero-order chi connectivity index (χ0) is 19.1. The number of fused-ring (bicyclic) bond motifs is 1. The van der Waals surface area contributed by atoms with Crippen molar-refractivity contribution in [1.82, 2.24) is 20.6 Å². The highest BCUT2D eigenvalue weighted by Crippen LogP contribution is 2.19. The molecule has 5 nitrogen and oxygen atoms in total. The van der Waals surface area contributed by atoms with E-state index in [-0.39, 0.29) is 29.8 Å². The van der Waals surface area contributed by atoms with Gasteiger partial charge in [-0.15, -0.1) is 24.0 Å². The van der Waals surface area contributed by atoms with Crippen LogP contribution in [0.4, 0.5) is 4.39 Å². The van der Waals surface area contributed by atoms with Gasteiger partial charge in [-0.05, 0) is 55.2 Å². The van der Waals surface area contributed by atoms with E-state index in [1.807, 2.05) is 19.2 Å². The smallest absolute Gasteiger partial charge is 0.191 e. The van der Waals surface area contributed by atoms with Crippen molar-refractivity contribution in [3.63, 3.8) is 0 Å². The summed E-state index contributed by atoms with van der Waals surface area (Å²) in [5, 5.41) is 7.97. The fourth-order valence-electron chi connectivity index (χ4n) is 2.87. The number of aromatic amines is 1. The van der Waals surface area contributed by atoms with Crippen molar-refractivity contribution < 1.29 is 4.39 Å². The van der Waals surface area contributed by atoms with E-state index in [4.69, 9.17) is 11.6 Å². The Morgan fingerprint density at radius 1 is 1.21 bits per heavy atom. The van der Waals surface area contributed by atoms with Gasteiger partial charge in [0.1, 0.15) is 11.0 Å². The number of pyridine rings is 1. The van der Waals surface area contributed by atoms with Gasteiger partial charge in [-0.25, -0.2) is 9.37 Å². The molecule has 0 aliphatic carbocycles. The molecule has 0 aliphatic heterocycles. The molecule has 3 aromatic rings. The molecule has 0 aliphatic rings. The highest BCUT2D eigenvalue weighted by Gasteiger charge is 2.05. The van der Waals surface area contributed by atoms with Crippen LogP contribution in [0.5, 0.6) is 0 Å². The molecule has 2 heterocycles. The van der Waals surface area contributed by atoms with Crippen LogP contribution in [0.1, 0.15) is 18.1 Å². The van der Waals surface area contributed by atoms with E-state index in [9.17, 15) is 4.39 Å². The zero-order valence-corrected chi connectivity index (χ0v) is 18.7. The van der Waals surface area contributed by atoms with Crippen molar-refractivity contribution in [2.45, 2.75) is 19.8 Å². The molecule has 0 fully saturated rings. The third-order valence-corrected chi connectivity index (χ3v) is 4.44. The zero-order valence-electron chi connectivity index (χ0n) is 15.6. The molecule has 0 saturated carbocycles. The first kappa shape index (κ1) is 22.4. The van der Waals surface area contributed by atoms with Gasteiger partial charge in [0.2, 0.25) is 0 Å². The Bertz CT molecular complexity index is 911. The Morgan fingerprint density at radius 2 is 2.07 bits per heavy atom. The lowest BCUT2D eigenvalue weighted by molar-refractivity contribution is 0.629. The first-order chi connectivity index (χ1) is 13.2. The maximum absolute atomic E-state index is 13.5. The minimum atomic E-state index is -0.224. The summed E-state index contributed by atoms with van der Waals surface area (Å²) in [4.78, 5) is 11.9. The summed E-state index contributed by atoms with van der Waals surface area (Å²) < 4.78 is 13.5. The minimum absolute atomic E-state index is 0. The van der Waals surface area contributed by atoms with Gasteiger partial charge in [-0.1, -0.05) is 17.7 Å². The summed E-state index contributed by atoms with van der Waals surface area (Å²) in [6.45, 7) is 4.17. The van der Waals surface area contributed by atoms with Crippen LogP contribution in [0.25, 0.3) is 10.9 Å². The van der Waals surface area contributed by atoms with Crippen LogP contribution < -0.4 is 10.6 Å². The van der Waals surface area contributed by atoms with Crippen LogP contribution in [0.3, 0.4) is 0 Å². The average molecular weight is 516 g/mol. The monoisotopic (exact) mass is 515 g/mol. The molecule has 1 aromatic carbocycles. The molecular formula is C20H24ClFIN5. The molecule has 0 atom stereocenters. The van der Waals surface area contributed by atoms with Crippen LogP contribution >= 0.6 is 35.6 Å². The van der Waals surface area contributed by atoms with Gasteiger partial charge in [0.25, 0.3) is 0 Å². The first-order valence-corrected chi connectivity index (χ1v) is 9.41. The quantitative estimate of drug-likeness (QED) is 0.190. The number of benzene rings is 1. The van der Waals surface area contributed by atoms with E-state index in [0.29, 0.717) is 11.7 Å². The number of nitrogens with zero attached hydrogens (tertiary/aromatic N) is 2. The van der Waals surface area contributed by atoms with Gasteiger partial charge in [-0.2, -0.15) is 0 Å². The predicted molar refractivity (Wildman–Crippen MR) is 124 cm³/mol. The Labute approximate surface area is 186 Å². The number of hydrogen-bond acceptors (Lipinski definition) is 2. The molecule has 28 heavy (non-hydrogen) atoms.